The molecule has 0 saturated heterocycles. The van der Waals surface area contributed by atoms with Gasteiger partial charge in [0.2, 0.25) is 0 Å². The Morgan fingerprint density at radius 1 is 1.38 bits per heavy atom. The molecule has 2 aromatic rings. The normalized spacial score (nSPS) is 28.8. The summed E-state index contributed by atoms with van der Waals surface area (Å²) in [5.41, 5.74) is 2.31. The summed E-state index contributed by atoms with van der Waals surface area (Å²) in [6, 6.07) is 5.70. The first kappa shape index (κ1) is 13.1. The molecule has 2 aliphatic carbocycles. The number of hydrogen-bond acceptors (Lipinski definition) is 3. The van der Waals surface area contributed by atoms with Crippen molar-refractivity contribution in [1.29, 1.82) is 0 Å². The van der Waals surface area contributed by atoms with E-state index in [1.807, 2.05) is 25.1 Å². The minimum absolute atomic E-state index is 0.304. The van der Waals surface area contributed by atoms with Crippen LogP contribution in [0.5, 0.6) is 0 Å². The highest BCUT2D eigenvalue weighted by atomic mass is 16.4. The number of benzene rings is 1. The zero-order valence-electron chi connectivity index (χ0n) is 12.3. The van der Waals surface area contributed by atoms with Crippen LogP contribution in [0.1, 0.15) is 44.3 Å². The van der Waals surface area contributed by atoms with Crippen LogP contribution in [0.2, 0.25) is 0 Å². The van der Waals surface area contributed by atoms with E-state index in [2.05, 4.69) is 0 Å². The third kappa shape index (κ3) is 1.96. The lowest BCUT2D eigenvalue weighted by Crippen LogP contribution is -2.13. The van der Waals surface area contributed by atoms with Crippen LogP contribution in [0.4, 0.5) is 0 Å². The molecule has 1 aromatic carbocycles. The van der Waals surface area contributed by atoms with Crippen LogP contribution < -0.4 is 5.76 Å². The smallest absolute Gasteiger partial charge is 0.408 e. The van der Waals surface area contributed by atoms with E-state index in [0.717, 1.165) is 17.5 Å². The predicted octanol–water partition coefficient (Wildman–Crippen LogP) is 3.08. The van der Waals surface area contributed by atoms with E-state index < -0.39 is 6.10 Å². The summed E-state index contributed by atoms with van der Waals surface area (Å²) in [4.78, 5) is 11.8. The summed E-state index contributed by atoms with van der Waals surface area (Å²) in [6.45, 7) is 2.70. The number of nitrogens with zero attached hydrogens (tertiary/aromatic N) is 1. The highest BCUT2D eigenvalue weighted by Crippen LogP contribution is 2.62. The Labute approximate surface area is 123 Å². The van der Waals surface area contributed by atoms with Gasteiger partial charge in [-0.1, -0.05) is 19.4 Å². The van der Waals surface area contributed by atoms with Gasteiger partial charge in [0.25, 0.3) is 0 Å². The summed E-state index contributed by atoms with van der Waals surface area (Å²) >= 11 is 0. The molecule has 4 heteroatoms. The first-order valence-corrected chi connectivity index (χ1v) is 8.02. The maximum Gasteiger partial charge on any atom is 0.419 e. The van der Waals surface area contributed by atoms with Crippen molar-refractivity contribution in [2.45, 2.75) is 45.3 Å². The van der Waals surface area contributed by atoms with Gasteiger partial charge in [-0.3, -0.25) is 4.57 Å². The molecular formula is C17H21NO3. The second-order valence-electron chi connectivity index (χ2n) is 6.53. The SMILES string of the molecule is CCCn1c(=O)oc2cc(C(O)C3C4CCCC43)ccc21. The van der Waals surface area contributed by atoms with Crippen LogP contribution in [0, 0.1) is 17.8 Å². The van der Waals surface area contributed by atoms with Crippen molar-refractivity contribution >= 4 is 11.1 Å². The van der Waals surface area contributed by atoms with Crippen LogP contribution >= 0.6 is 0 Å². The van der Waals surface area contributed by atoms with Crippen molar-refractivity contribution in [3.63, 3.8) is 0 Å². The third-order valence-corrected chi connectivity index (χ3v) is 5.32. The fourth-order valence-electron chi connectivity index (χ4n) is 4.27. The molecule has 4 nitrogen and oxygen atoms in total. The largest absolute Gasteiger partial charge is 0.419 e. The second-order valence-corrected chi connectivity index (χ2v) is 6.53. The predicted molar refractivity (Wildman–Crippen MR) is 80.0 cm³/mol. The van der Waals surface area contributed by atoms with Crippen molar-refractivity contribution < 1.29 is 9.52 Å². The maximum absolute atomic E-state index is 11.8. The minimum atomic E-state index is -0.412. The molecule has 1 N–H and O–H groups in total. The number of oxazole rings is 1. The molecule has 1 aromatic heterocycles. The van der Waals surface area contributed by atoms with Gasteiger partial charge in [0.1, 0.15) is 0 Å². The first-order valence-electron chi connectivity index (χ1n) is 8.02. The van der Waals surface area contributed by atoms with E-state index in [-0.39, 0.29) is 5.76 Å². The van der Waals surface area contributed by atoms with Crippen LogP contribution in [0.25, 0.3) is 11.1 Å². The van der Waals surface area contributed by atoms with Crippen LogP contribution in [-0.4, -0.2) is 9.67 Å². The summed E-state index contributed by atoms with van der Waals surface area (Å²) in [5.74, 6) is 1.54. The number of aromatic nitrogens is 1. The van der Waals surface area contributed by atoms with E-state index >= 15 is 0 Å². The van der Waals surface area contributed by atoms with Gasteiger partial charge in [-0.15, -0.1) is 0 Å². The van der Waals surface area contributed by atoms with Crippen molar-refractivity contribution in [3.8, 4) is 0 Å². The zero-order valence-corrected chi connectivity index (χ0v) is 12.3. The third-order valence-electron chi connectivity index (χ3n) is 5.32. The van der Waals surface area contributed by atoms with E-state index in [1.54, 1.807) is 4.57 Å². The molecule has 0 amide bonds. The topological polar surface area (TPSA) is 55.4 Å². The molecule has 4 rings (SSSR count). The molecule has 2 saturated carbocycles. The van der Waals surface area contributed by atoms with Crippen molar-refractivity contribution in [2.24, 2.45) is 17.8 Å². The number of hydrogen-bond donors (Lipinski definition) is 1. The molecule has 112 valence electrons. The van der Waals surface area contributed by atoms with E-state index in [0.29, 0.717) is 29.9 Å². The first-order chi connectivity index (χ1) is 10.2. The summed E-state index contributed by atoms with van der Waals surface area (Å²) in [6.07, 6.45) is 4.31. The van der Waals surface area contributed by atoms with Gasteiger partial charge in [-0.25, -0.2) is 4.79 Å². The molecular weight excluding hydrogens is 266 g/mol. The Bertz CT molecular complexity index is 719. The van der Waals surface area contributed by atoms with Crippen molar-refractivity contribution in [2.75, 3.05) is 0 Å². The molecule has 0 aliphatic heterocycles. The molecule has 2 aliphatic rings. The highest BCUT2D eigenvalue weighted by Gasteiger charge is 2.55. The highest BCUT2D eigenvalue weighted by molar-refractivity contribution is 5.74. The Morgan fingerprint density at radius 3 is 2.86 bits per heavy atom. The molecule has 0 radical (unpaired) electrons. The summed E-state index contributed by atoms with van der Waals surface area (Å²) in [5, 5.41) is 10.6. The average Bonchev–Trinajstić information content (AvgIpc) is 2.82. The fraction of sp³-hybridized carbons (Fsp3) is 0.588. The van der Waals surface area contributed by atoms with Gasteiger partial charge >= 0.3 is 5.76 Å². The lowest BCUT2D eigenvalue weighted by molar-refractivity contribution is 0.137. The van der Waals surface area contributed by atoms with Gasteiger partial charge in [0.15, 0.2) is 5.58 Å². The Kier molecular flexibility index (Phi) is 2.96. The number of aryl methyl sites for hydroxylation is 1. The molecule has 3 atom stereocenters. The standard InChI is InChI=1S/C17H21NO3/c1-2-8-18-13-7-6-10(9-14(13)21-17(18)20)16(19)15-11-4-3-5-12(11)15/h6-7,9,11-12,15-16,19H,2-5,8H2,1H3. The molecule has 0 bridgehead atoms. The van der Waals surface area contributed by atoms with Gasteiger partial charge in [-0.05, 0) is 54.7 Å². The van der Waals surface area contributed by atoms with Gasteiger partial charge in [0.05, 0.1) is 11.6 Å². The van der Waals surface area contributed by atoms with Crippen LogP contribution in [0.15, 0.2) is 27.4 Å². The monoisotopic (exact) mass is 287 g/mol. The number of rotatable bonds is 4. The number of fused-ring (bicyclic) bond motifs is 2. The lowest BCUT2D eigenvalue weighted by Gasteiger charge is -2.13. The molecule has 3 unspecified atom stereocenters. The Balaban J connectivity index is 1.66. The Hall–Kier alpha value is -1.55. The van der Waals surface area contributed by atoms with E-state index in [4.69, 9.17) is 4.42 Å². The lowest BCUT2D eigenvalue weighted by atomic mass is 9.99. The van der Waals surface area contributed by atoms with E-state index in [9.17, 15) is 9.90 Å². The maximum atomic E-state index is 11.8. The summed E-state index contributed by atoms with van der Waals surface area (Å²) < 4.78 is 7.00. The van der Waals surface area contributed by atoms with Crippen molar-refractivity contribution in [3.05, 3.63) is 34.3 Å². The molecule has 2 fully saturated rings. The molecule has 0 spiro atoms. The fourth-order valence-corrected chi connectivity index (χ4v) is 4.27. The van der Waals surface area contributed by atoms with Crippen LogP contribution in [-0.2, 0) is 6.54 Å². The number of aliphatic hydroxyl groups is 1. The number of aliphatic hydroxyl groups excluding tert-OH is 1. The van der Waals surface area contributed by atoms with Gasteiger partial charge < -0.3 is 9.52 Å². The van der Waals surface area contributed by atoms with Crippen molar-refractivity contribution in [1.82, 2.24) is 4.57 Å². The zero-order chi connectivity index (χ0) is 14.6. The summed E-state index contributed by atoms with van der Waals surface area (Å²) in [7, 11) is 0. The molecule has 21 heavy (non-hydrogen) atoms. The molecule has 1 heterocycles. The van der Waals surface area contributed by atoms with E-state index in [1.165, 1.54) is 19.3 Å². The minimum Gasteiger partial charge on any atom is -0.408 e. The second kappa shape index (κ2) is 4.73. The quantitative estimate of drug-likeness (QED) is 0.940. The average molecular weight is 287 g/mol. The van der Waals surface area contributed by atoms with Gasteiger partial charge in [-0.2, -0.15) is 0 Å². The van der Waals surface area contributed by atoms with Crippen LogP contribution in [0.3, 0.4) is 0 Å². The van der Waals surface area contributed by atoms with Gasteiger partial charge in [0, 0.05) is 6.54 Å². The Morgan fingerprint density at radius 2 is 2.14 bits per heavy atom.